The van der Waals surface area contributed by atoms with Crippen LogP contribution in [0.15, 0.2) is 15.5 Å². The molecule has 0 fully saturated rings. The largest absolute Gasteiger partial charge is 0.389 e. The zero-order valence-electron chi connectivity index (χ0n) is 11.3. The average Bonchev–Trinajstić information content (AvgIpc) is 2.32. The highest BCUT2D eigenvalue weighted by atomic mass is 79.9. The molecule has 0 spiro atoms. The van der Waals surface area contributed by atoms with Crippen LogP contribution in [-0.2, 0) is 0 Å². The second-order valence-electron chi connectivity index (χ2n) is 4.71. The molecule has 0 aliphatic carbocycles. The van der Waals surface area contributed by atoms with Crippen molar-refractivity contribution in [1.82, 2.24) is 9.78 Å². The topological polar surface area (TPSA) is 46.9 Å². The van der Waals surface area contributed by atoms with Gasteiger partial charge in [-0.1, -0.05) is 0 Å². The molecule has 20 heavy (non-hydrogen) atoms. The van der Waals surface area contributed by atoms with Crippen molar-refractivity contribution in [1.29, 1.82) is 0 Å². The minimum absolute atomic E-state index is 0.0559. The van der Waals surface area contributed by atoms with Crippen LogP contribution in [0.3, 0.4) is 0 Å². The summed E-state index contributed by atoms with van der Waals surface area (Å²) in [5.41, 5.74) is 0.235. The van der Waals surface area contributed by atoms with E-state index in [1.807, 2.05) is 13.8 Å². The summed E-state index contributed by atoms with van der Waals surface area (Å²) in [6.45, 7) is 4.04. The Hall–Kier alpha value is -1.05. The summed E-state index contributed by atoms with van der Waals surface area (Å²) in [6, 6.07) is -0.0559. The van der Waals surface area contributed by atoms with Crippen molar-refractivity contribution in [3.63, 3.8) is 0 Å². The van der Waals surface area contributed by atoms with Gasteiger partial charge in [-0.25, -0.2) is 4.68 Å². The van der Waals surface area contributed by atoms with Crippen LogP contribution in [0, 0.1) is 0 Å². The first-order chi connectivity index (χ1) is 9.22. The first-order valence-corrected chi connectivity index (χ1v) is 7.09. The van der Waals surface area contributed by atoms with Crippen LogP contribution < -0.4 is 10.9 Å². The smallest absolute Gasteiger partial charge is 0.383 e. The molecule has 1 heterocycles. The van der Waals surface area contributed by atoms with Gasteiger partial charge in [0.2, 0.25) is 0 Å². The third-order valence-corrected chi connectivity index (χ3v) is 3.40. The highest BCUT2D eigenvalue weighted by Gasteiger charge is 2.25. The maximum atomic E-state index is 12.0. The Morgan fingerprint density at radius 2 is 2.05 bits per heavy atom. The van der Waals surface area contributed by atoms with E-state index in [1.165, 1.54) is 10.9 Å². The first-order valence-electron chi connectivity index (χ1n) is 6.30. The molecule has 0 amide bonds. The molecule has 0 aromatic carbocycles. The highest BCUT2D eigenvalue weighted by Crippen LogP contribution is 2.22. The number of nitrogens with one attached hydrogen (secondary N) is 1. The SMILES string of the molecule is CC(C)n1ncc(NCCCCC(F)(F)F)c(Br)c1=O. The van der Waals surface area contributed by atoms with Gasteiger partial charge < -0.3 is 5.32 Å². The van der Waals surface area contributed by atoms with Gasteiger partial charge in [0.05, 0.1) is 17.9 Å². The zero-order valence-corrected chi connectivity index (χ0v) is 12.9. The van der Waals surface area contributed by atoms with Gasteiger partial charge in [0, 0.05) is 13.0 Å². The Morgan fingerprint density at radius 3 is 2.60 bits per heavy atom. The lowest BCUT2D eigenvalue weighted by molar-refractivity contribution is -0.135. The van der Waals surface area contributed by atoms with E-state index in [1.54, 1.807) is 0 Å². The molecule has 0 aliphatic heterocycles. The molecule has 0 atom stereocenters. The molecule has 0 saturated carbocycles. The Kier molecular flexibility index (Phi) is 6.04. The maximum absolute atomic E-state index is 12.0. The summed E-state index contributed by atoms with van der Waals surface area (Å²) in [6.07, 6.45) is -2.97. The molecule has 1 N–H and O–H groups in total. The van der Waals surface area contributed by atoms with Crippen molar-refractivity contribution in [2.75, 3.05) is 11.9 Å². The van der Waals surface area contributed by atoms with Crippen molar-refractivity contribution >= 4 is 21.6 Å². The van der Waals surface area contributed by atoms with Crippen molar-refractivity contribution in [2.45, 2.75) is 45.3 Å². The van der Waals surface area contributed by atoms with E-state index >= 15 is 0 Å². The Bertz CT molecular complexity index is 500. The van der Waals surface area contributed by atoms with E-state index in [2.05, 4.69) is 26.3 Å². The van der Waals surface area contributed by atoms with E-state index in [4.69, 9.17) is 0 Å². The molecule has 4 nitrogen and oxygen atoms in total. The molecule has 0 bridgehead atoms. The number of rotatable bonds is 6. The number of anilines is 1. The quantitative estimate of drug-likeness (QED) is 0.790. The molecule has 0 radical (unpaired) electrons. The van der Waals surface area contributed by atoms with Gasteiger partial charge in [0.1, 0.15) is 4.47 Å². The van der Waals surface area contributed by atoms with E-state index in [0.29, 0.717) is 23.1 Å². The van der Waals surface area contributed by atoms with Crippen molar-refractivity contribution in [3.8, 4) is 0 Å². The normalized spacial score (nSPS) is 11.9. The minimum atomic E-state index is -4.11. The number of hydrogen-bond acceptors (Lipinski definition) is 3. The summed E-state index contributed by atoms with van der Waals surface area (Å²) in [5.74, 6) is 0. The van der Waals surface area contributed by atoms with E-state index in [9.17, 15) is 18.0 Å². The highest BCUT2D eigenvalue weighted by molar-refractivity contribution is 9.10. The lowest BCUT2D eigenvalue weighted by Gasteiger charge is -2.12. The Morgan fingerprint density at radius 1 is 1.40 bits per heavy atom. The van der Waals surface area contributed by atoms with E-state index < -0.39 is 12.6 Å². The standard InChI is InChI=1S/C12H17BrF3N3O/c1-8(2)19-11(20)10(13)9(7-18-19)17-6-4-3-5-12(14,15)16/h7-8,17H,3-6H2,1-2H3. The second kappa shape index (κ2) is 7.10. The number of halogens is 4. The second-order valence-corrected chi connectivity index (χ2v) is 5.51. The van der Waals surface area contributed by atoms with Crippen molar-refractivity contribution in [2.24, 2.45) is 0 Å². The predicted molar refractivity (Wildman–Crippen MR) is 75.0 cm³/mol. The molecule has 8 heteroatoms. The van der Waals surface area contributed by atoms with Crippen LogP contribution in [-0.4, -0.2) is 22.5 Å². The number of unbranched alkanes of at least 4 members (excludes halogenated alkanes) is 1. The van der Waals surface area contributed by atoms with Crippen LogP contribution in [0.25, 0.3) is 0 Å². The molecule has 0 aliphatic rings. The van der Waals surface area contributed by atoms with Crippen molar-refractivity contribution in [3.05, 3.63) is 21.0 Å². The molecule has 1 aromatic rings. The molecular weight excluding hydrogens is 339 g/mol. The summed E-state index contributed by atoms with van der Waals surface area (Å²) < 4.78 is 37.6. The number of alkyl halides is 3. The molecular formula is C12H17BrF3N3O. The number of hydrogen-bond donors (Lipinski definition) is 1. The van der Waals surface area contributed by atoms with Gasteiger partial charge in [0.25, 0.3) is 5.56 Å². The van der Waals surface area contributed by atoms with Gasteiger partial charge in [-0.3, -0.25) is 4.79 Å². The average molecular weight is 356 g/mol. The fourth-order valence-electron chi connectivity index (χ4n) is 1.61. The summed E-state index contributed by atoms with van der Waals surface area (Å²) in [7, 11) is 0. The monoisotopic (exact) mass is 355 g/mol. The maximum Gasteiger partial charge on any atom is 0.389 e. The van der Waals surface area contributed by atoms with Gasteiger partial charge >= 0.3 is 6.18 Å². The summed E-state index contributed by atoms with van der Waals surface area (Å²) >= 11 is 3.18. The third-order valence-electron chi connectivity index (χ3n) is 2.64. The molecule has 0 unspecified atom stereocenters. The van der Waals surface area contributed by atoms with Crippen molar-refractivity contribution < 1.29 is 13.2 Å². The van der Waals surface area contributed by atoms with Gasteiger partial charge in [-0.15, -0.1) is 0 Å². The van der Waals surface area contributed by atoms with Crippen LogP contribution in [0.4, 0.5) is 18.9 Å². The summed E-state index contributed by atoms with van der Waals surface area (Å²) in [5, 5.41) is 6.92. The van der Waals surface area contributed by atoms with Crippen LogP contribution in [0.5, 0.6) is 0 Å². The van der Waals surface area contributed by atoms with Gasteiger partial charge in [0.15, 0.2) is 0 Å². The number of nitrogens with zero attached hydrogens (tertiary/aromatic N) is 2. The molecule has 114 valence electrons. The fourth-order valence-corrected chi connectivity index (χ4v) is 2.03. The lowest BCUT2D eigenvalue weighted by Crippen LogP contribution is -2.26. The first kappa shape index (κ1) is 17.0. The predicted octanol–water partition coefficient (Wildman–Crippen LogP) is 3.73. The fraction of sp³-hybridized carbons (Fsp3) is 0.667. The lowest BCUT2D eigenvalue weighted by atomic mass is 10.2. The van der Waals surface area contributed by atoms with Crippen LogP contribution >= 0.6 is 15.9 Å². The van der Waals surface area contributed by atoms with E-state index in [-0.39, 0.29) is 18.0 Å². The van der Waals surface area contributed by atoms with Gasteiger partial charge in [-0.05, 0) is 42.6 Å². The molecule has 0 saturated heterocycles. The van der Waals surface area contributed by atoms with Crippen LogP contribution in [0.2, 0.25) is 0 Å². The van der Waals surface area contributed by atoms with Crippen LogP contribution in [0.1, 0.15) is 39.2 Å². The minimum Gasteiger partial charge on any atom is -0.383 e. The third kappa shape index (κ3) is 5.15. The molecule has 1 aromatic heterocycles. The molecule has 1 rings (SSSR count). The Labute approximate surface area is 123 Å². The number of aromatic nitrogens is 2. The van der Waals surface area contributed by atoms with E-state index in [0.717, 1.165) is 0 Å². The van der Waals surface area contributed by atoms with Gasteiger partial charge in [-0.2, -0.15) is 18.3 Å². The zero-order chi connectivity index (χ0) is 15.3. The summed E-state index contributed by atoms with van der Waals surface area (Å²) in [4.78, 5) is 11.9. The Balaban J connectivity index is 2.54.